The molecular formula is C27H27N3OS. The van der Waals surface area contributed by atoms with Gasteiger partial charge in [-0.25, -0.2) is 9.97 Å². The first-order valence-electron chi connectivity index (χ1n) is 11.0. The minimum Gasteiger partial charge on any atom is -0.311 e. The van der Waals surface area contributed by atoms with Crippen LogP contribution in [0, 0.1) is 6.92 Å². The molecule has 0 aliphatic carbocycles. The van der Waals surface area contributed by atoms with Gasteiger partial charge in [0.1, 0.15) is 5.82 Å². The quantitative estimate of drug-likeness (QED) is 0.331. The number of benzene rings is 2. The van der Waals surface area contributed by atoms with Crippen molar-refractivity contribution >= 4 is 23.1 Å². The molecule has 2 aromatic heterocycles. The maximum absolute atomic E-state index is 12.5. The topological polar surface area (TPSA) is 54.9 Å². The highest BCUT2D eigenvalue weighted by atomic mass is 32.1. The van der Waals surface area contributed by atoms with Crippen LogP contribution >= 0.6 is 11.3 Å². The highest BCUT2D eigenvalue weighted by Crippen LogP contribution is 2.37. The van der Waals surface area contributed by atoms with Crippen LogP contribution in [-0.2, 0) is 17.6 Å². The Morgan fingerprint density at radius 3 is 2.62 bits per heavy atom. The van der Waals surface area contributed by atoms with Crippen LogP contribution in [-0.4, -0.2) is 15.9 Å². The number of carbonyl (C=O) groups is 1. The average molecular weight is 442 g/mol. The van der Waals surface area contributed by atoms with Gasteiger partial charge >= 0.3 is 0 Å². The predicted octanol–water partition coefficient (Wildman–Crippen LogP) is 6.70. The van der Waals surface area contributed by atoms with Gasteiger partial charge < -0.3 is 5.32 Å². The highest BCUT2D eigenvalue weighted by Gasteiger charge is 2.15. The summed E-state index contributed by atoms with van der Waals surface area (Å²) in [5, 5.41) is 4.06. The standard InChI is InChI=1S/C27H27N3OS/c1-3-25-30-26(21-13-7-9-19(2)17-21)27(32-25)22-15-16-28-23(18-22)29-24(31)14-8-12-20-10-5-4-6-11-20/h4-7,9-11,13,15-18H,3,8,12,14H2,1-2H3,(H,28,29,31). The van der Waals surface area contributed by atoms with Crippen LogP contribution < -0.4 is 5.32 Å². The first kappa shape index (κ1) is 21.9. The summed E-state index contributed by atoms with van der Waals surface area (Å²) in [5.74, 6) is 0.567. The van der Waals surface area contributed by atoms with Crippen molar-refractivity contribution < 1.29 is 4.79 Å². The molecule has 2 aromatic carbocycles. The average Bonchev–Trinajstić information content (AvgIpc) is 3.25. The molecule has 0 aliphatic heterocycles. The zero-order chi connectivity index (χ0) is 22.3. The Hall–Kier alpha value is -3.31. The third kappa shape index (κ3) is 5.48. The summed E-state index contributed by atoms with van der Waals surface area (Å²) >= 11 is 1.70. The predicted molar refractivity (Wildman–Crippen MR) is 133 cm³/mol. The van der Waals surface area contributed by atoms with Crippen LogP contribution in [0.1, 0.15) is 35.9 Å². The minimum absolute atomic E-state index is 0.0111. The molecule has 2 heterocycles. The largest absolute Gasteiger partial charge is 0.311 e. The number of aromatic nitrogens is 2. The van der Waals surface area contributed by atoms with E-state index >= 15 is 0 Å². The van der Waals surface area contributed by atoms with Gasteiger partial charge in [0.05, 0.1) is 15.6 Å². The molecule has 0 fully saturated rings. The molecule has 0 spiro atoms. The van der Waals surface area contributed by atoms with Crippen molar-refractivity contribution in [1.29, 1.82) is 0 Å². The number of anilines is 1. The summed E-state index contributed by atoms with van der Waals surface area (Å²) in [6, 6.07) is 22.6. The Morgan fingerprint density at radius 2 is 1.84 bits per heavy atom. The normalized spacial score (nSPS) is 10.8. The summed E-state index contributed by atoms with van der Waals surface area (Å²) in [4.78, 5) is 22.8. The van der Waals surface area contributed by atoms with Gasteiger partial charge in [0, 0.05) is 18.2 Å². The van der Waals surface area contributed by atoms with E-state index in [1.54, 1.807) is 17.5 Å². The smallest absolute Gasteiger partial charge is 0.225 e. The lowest BCUT2D eigenvalue weighted by molar-refractivity contribution is -0.116. The van der Waals surface area contributed by atoms with Crippen molar-refractivity contribution in [2.24, 2.45) is 0 Å². The van der Waals surface area contributed by atoms with E-state index in [-0.39, 0.29) is 5.91 Å². The maximum atomic E-state index is 12.5. The first-order valence-corrected chi connectivity index (χ1v) is 11.8. The fourth-order valence-electron chi connectivity index (χ4n) is 3.64. The molecule has 0 saturated heterocycles. The minimum atomic E-state index is -0.0111. The zero-order valence-corrected chi connectivity index (χ0v) is 19.3. The Kier molecular flexibility index (Phi) is 7.07. The summed E-state index contributed by atoms with van der Waals surface area (Å²) < 4.78 is 0. The zero-order valence-electron chi connectivity index (χ0n) is 18.5. The van der Waals surface area contributed by atoms with Gasteiger partial charge in [-0.15, -0.1) is 11.3 Å². The fraction of sp³-hybridized carbons (Fsp3) is 0.222. The molecule has 4 nitrogen and oxygen atoms in total. The molecule has 162 valence electrons. The number of pyridine rings is 1. The number of nitrogens with zero attached hydrogens (tertiary/aromatic N) is 2. The summed E-state index contributed by atoms with van der Waals surface area (Å²) in [5.41, 5.74) is 5.58. The van der Waals surface area contributed by atoms with Crippen molar-refractivity contribution in [3.8, 4) is 21.7 Å². The second kappa shape index (κ2) is 10.3. The lowest BCUT2D eigenvalue weighted by Gasteiger charge is -2.08. The van der Waals surface area contributed by atoms with Gasteiger partial charge in [-0.05, 0) is 55.5 Å². The van der Waals surface area contributed by atoms with E-state index in [1.807, 2.05) is 30.3 Å². The second-order valence-corrected chi connectivity index (χ2v) is 8.91. The van der Waals surface area contributed by atoms with Gasteiger partial charge in [-0.3, -0.25) is 4.79 Å². The van der Waals surface area contributed by atoms with Gasteiger partial charge in [0.25, 0.3) is 0 Å². The number of thiazole rings is 1. The van der Waals surface area contributed by atoms with Crippen LogP contribution in [0.2, 0.25) is 0 Å². The van der Waals surface area contributed by atoms with E-state index in [0.29, 0.717) is 12.2 Å². The third-order valence-corrected chi connectivity index (χ3v) is 6.52. The van der Waals surface area contributed by atoms with Crippen LogP contribution in [0.5, 0.6) is 0 Å². The lowest BCUT2D eigenvalue weighted by Crippen LogP contribution is -2.12. The van der Waals surface area contributed by atoms with E-state index < -0.39 is 0 Å². The molecule has 0 unspecified atom stereocenters. The molecule has 5 heteroatoms. The van der Waals surface area contributed by atoms with E-state index in [0.717, 1.165) is 46.0 Å². The molecule has 1 amide bonds. The van der Waals surface area contributed by atoms with Crippen LogP contribution in [0.3, 0.4) is 0 Å². The van der Waals surface area contributed by atoms with Crippen molar-refractivity contribution in [2.45, 2.75) is 39.5 Å². The Morgan fingerprint density at radius 1 is 1.00 bits per heavy atom. The monoisotopic (exact) mass is 441 g/mol. The number of rotatable bonds is 8. The van der Waals surface area contributed by atoms with Gasteiger partial charge in [0.15, 0.2) is 0 Å². The summed E-state index contributed by atoms with van der Waals surface area (Å²) in [6.07, 6.45) is 4.81. The number of aryl methyl sites for hydroxylation is 3. The van der Waals surface area contributed by atoms with E-state index in [1.165, 1.54) is 11.1 Å². The highest BCUT2D eigenvalue weighted by molar-refractivity contribution is 7.15. The van der Waals surface area contributed by atoms with Gasteiger partial charge in [-0.2, -0.15) is 0 Å². The summed E-state index contributed by atoms with van der Waals surface area (Å²) in [6.45, 7) is 4.21. The lowest BCUT2D eigenvalue weighted by atomic mass is 10.1. The van der Waals surface area contributed by atoms with E-state index in [4.69, 9.17) is 4.98 Å². The maximum Gasteiger partial charge on any atom is 0.225 e. The Balaban J connectivity index is 1.49. The van der Waals surface area contributed by atoms with Crippen molar-refractivity contribution in [2.75, 3.05) is 5.32 Å². The van der Waals surface area contributed by atoms with E-state index in [9.17, 15) is 4.79 Å². The van der Waals surface area contributed by atoms with Gasteiger partial charge in [-0.1, -0.05) is 61.0 Å². The molecule has 0 atom stereocenters. The van der Waals surface area contributed by atoms with Crippen molar-refractivity contribution in [3.63, 3.8) is 0 Å². The molecule has 0 saturated carbocycles. The number of hydrogen-bond acceptors (Lipinski definition) is 4. The van der Waals surface area contributed by atoms with Gasteiger partial charge in [0.2, 0.25) is 5.91 Å². The van der Waals surface area contributed by atoms with Crippen molar-refractivity contribution in [3.05, 3.63) is 89.1 Å². The number of carbonyl (C=O) groups excluding carboxylic acids is 1. The molecule has 0 radical (unpaired) electrons. The molecule has 32 heavy (non-hydrogen) atoms. The molecular weight excluding hydrogens is 414 g/mol. The summed E-state index contributed by atoms with van der Waals surface area (Å²) in [7, 11) is 0. The third-order valence-electron chi connectivity index (χ3n) is 5.27. The SMILES string of the molecule is CCc1nc(-c2cccc(C)c2)c(-c2ccnc(NC(=O)CCCc3ccccc3)c2)s1. The van der Waals surface area contributed by atoms with Crippen LogP contribution in [0.15, 0.2) is 72.9 Å². The molecule has 4 aromatic rings. The molecule has 0 aliphatic rings. The number of amides is 1. The Labute approximate surface area is 193 Å². The molecule has 1 N–H and O–H groups in total. The van der Waals surface area contributed by atoms with Crippen LogP contribution in [0.25, 0.3) is 21.7 Å². The second-order valence-electron chi connectivity index (χ2n) is 7.83. The number of hydrogen-bond donors (Lipinski definition) is 1. The first-order chi connectivity index (χ1) is 15.6. The number of nitrogens with one attached hydrogen (secondary N) is 1. The molecule has 4 rings (SSSR count). The Bertz CT molecular complexity index is 1200. The van der Waals surface area contributed by atoms with Crippen LogP contribution in [0.4, 0.5) is 5.82 Å². The molecule has 0 bridgehead atoms. The van der Waals surface area contributed by atoms with E-state index in [2.05, 4.69) is 60.5 Å². The van der Waals surface area contributed by atoms with Crippen molar-refractivity contribution in [1.82, 2.24) is 9.97 Å². The fourth-order valence-corrected chi connectivity index (χ4v) is 4.66.